The van der Waals surface area contributed by atoms with E-state index in [1.54, 1.807) is 18.2 Å². The molecule has 0 spiro atoms. The smallest absolute Gasteiger partial charge is 0.305 e. The van der Waals surface area contributed by atoms with E-state index < -0.39 is 12.0 Å². The van der Waals surface area contributed by atoms with Crippen LogP contribution >= 0.6 is 11.6 Å². The molecule has 0 aliphatic rings. The molecule has 4 nitrogen and oxygen atoms in total. The van der Waals surface area contributed by atoms with Gasteiger partial charge in [-0.25, -0.2) is 0 Å². The van der Waals surface area contributed by atoms with E-state index in [4.69, 9.17) is 28.2 Å². The number of carboxylic acid groups (broad SMARTS) is 1. The molecule has 0 saturated heterocycles. The summed E-state index contributed by atoms with van der Waals surface area (Å²) in [7, 11) is 0. The van der Waals surface area contributed by atoms with Crippen molar-refractivity contribution < 1.29 is 9.90 Å². The molecule has 5 heteroatoms. The monoisotopic (exact) mass is 214 g/mol. The molecular formula is C9H11ClN2O2. The summed E-state index contributed by atoms with van der Waals surface area (Å²) in [5.41, 5.74) is 12.3. The van der Waals surface area contributed by atoms with Crippen molar-refractivity contribution in [3.8, 4) is 0 Å². The Labute approximate surface area is 86.5 Å². The van der Waals surface area contributed by atoms with E-state index in [1.807, 2.05) is 0 Å². The minimum absolute atomic E-state index is 0.124. The molecule has 0 aliphatic heterocycles. The molecule has 0 bridgehead atoms. The number of aliphatic carboxylic acids is 1. The van der Waals surface area contributed by atoms with Gasteiger partial charge in [0.05, 0.1) is 17.1 Å². The van der Waals surface area contributed by atoms with Gasteiger partial charge in [0.25, 0.3) is 0 Å². The summed E-state index contributed by atoms with van der Waals surface area (Å²) in [5.74, 6) is -0.939. The lowest BCUT2D eigenvalue weighted by Gasteiger charge is -2.10. The highest BCUT2D eigenvalue weighted by Crippen LogP contribution is 2.23. The molecule has 0 aromatic heterocycles. The molecule has 1 aromatic rings. The number of carbonyl (C=O) groups is 1. The van der Waals surface area contributed by atoms with Gasteiger partial charge in [-0.05, 0) is 17.7 Å². The summed E-state index contributed by atoms with van der Waals surface area (Å²) in [4.78, 5) is 10.4. The first kappa shape index (κ1) is 10.8. The SMILES string of the molecule is Nc1cc(C(N)CC(=O)O)ccc1Cl. The molecule has 76 valence electrons. The maximum Gasteiger partial charge on any atom is 0.305 e. The van der Waals surface area contributed by atoms with Gasteiger partial charge in [-0.2, -0.15) is 0 Å². The molecule has 0 aliphatic carbocycles. The van der Waals surface area contributed by atoms with E-state index in [2.05, 4.69) is 0 Å². The average molecular weight is 215 g/mol. The average Bonchev–Trinajstić information content (AvgIpc) is 2.08. The van der Waals surface area contributed by atoms with Gasteiger partial charge >= 0.3 is 5.97 Å². The second-order valence-electron chi connectivity index (χ2n) is 2.99. The van der Waals surface area contributed by atoms with Gasteiger partial charge < -0.3 is 16.6 Å². The topological polar surface area (TPSA) is 89.3 Å². The third-order valence-electron chi connectivity index (χ3n) is 1.84. The van der Waals surface area contributed by atoms with Crippen molar-refractivity contribution >= 4 is 23.3 Å². The number of nitrogens with two attached hydrogens (primary N) is 2. The third kappa shape index (κ3) is 2.61. The summed E-state index contributed by atoms with van der Waals surface area (Å²) in [6.45, 7) is 0. The van der Waals surface area contributed by atoms with Crippen molar-refractivity contribution in [3.63, 3.8) is 0 Å². The van der Waals surface area contributed by atoms with Crippen LogP contribution in [0, 0.1) is 0 Å². The van der Waals surface area contributed by atoms with Crippen molar-refractivity contribution in [2.24, 2.45) is 5.73 Å². The predicted molar refractivity (Wildman–Crippen MR) is 55.0 cm³/mol. The Bertz CT molecular complexity index is 355. The number of hydrogen-bond donors (Lipinski definition) is 3. The van der Waals surface area contributed by atoms with Gasteiger partial charge in [-0.15, -0.1) is 0 Å². The van der Waals surface area contributed by atoms with Crippen molar-refractivity contribution in [2.75, 3.05) is 5.73 Å². The first-order valence-corrected chi connectivity index (χ1v) is 4.41. The number of anilines is 1. The Morgan fingerprint density at radius 1 is 1.57 bits per heavy atom. The van der Waals surface area contributed by atoms with Gasteiger partial charge in [0, 0.05) is 6.04 Å². The van der Waals surface area contributed by atoms with E-state index in [9.17, 15) is 4.79 Å². The molecule has 0 heterocycles. The summed E-state index contributed by atoms with van der Waals surface area (Å²) in [6.07, 6.45) is -0.124. The van der Waals surface area contributed by atoms with E-state index in [-0.39, 0.29) is 6.42 Å². The van der Waals surface area contributed by atoms with Crippen LogP contribution in [0.3, 0.4) is 0 Å². The van der Waals surface area contributed by atoms with Crippen LogP contribution in [-0.4, -0.2) is 11.1 Å². The minimum atomic E-state index is -0.939. The zero-order chi connectivity index (χ0) is 10.7. The Morgan fingerprint density at radius 3 is 2.71 bits per heavy atom. The van der Waals surface area contributed by atoms with Gasteiger partial charge in [0.1, 0.15) is 0 Å². The molecule has 1 rings (SSSR count). The Kier molecular flexibility index (Phi) is 3.33. The highest BCUT2D eigenvalue weighted by Gasteiger charge is 2.11. The van der Waals surface area contributed by atoms with Crippen LogP contribution in [0.4, 0.5) is 5.69 Å². The van der Waals surface area contributed by atoms with Crippen LogP contribution < -0.4 is 11.5 Å². The highest BCUT2D eigenvalue weighted by atomic mass is 35.5. The lowest BCUT2D eigenvalue weighted by molar-refractivity contribution is -0.137. The van der Waals surface area contributed by atoms with Crippen molar-refractivity contribution in [1.82, 2.24) is 0 Å². The summed E-state index contributed by atoms with van der Waals surface area (Å²) < 4.78 is 0. The lowest BCUT2D eigenvalue weighted by atomic mass is 10.0. The fourth-order valence-electron chi connectivity index (χ4n) is 1.10. The summed E-state index contributed by atoms with van der Waals surface area (Å²) >= 11 is 5.71. The molecular weight excluding hydrogens is 204 g/mol. The summed E-state index contributed by atoms with van der Waals surface area (Å²) in [6, 6.07) is 4.32. The van der Waals surface area contributed by atoms with Crippen LogP contribution in [0.2, 0.25) is 5.02 Å². The fourth-order valence-corrected chi connectivity index (χ4v) is 1.22. The fraction of sp³-hybridized carbons (Fsp3) is 0.222. The Hall–Kier alpha value is -1.26. The molecule has 0 fully saturated rings. The van der Waals surface area contributed by atoms with E-state index in [0.717, 1.165) is 0 Å². The first-order chi connectivity index (χ1) is 6.50. The Balaban J connectivity index is 2.85. The third-order valence-corrected chi connectivity index (χ3v) is 2.19. The van der Waals surface area contributed by atoms with Gasteiger partial charge in [-0.1, -0.05) is 17.7 Å². The van der Waals surface area contributed by atoms with Crippen molar-refractivity contribution in [3.05, 3.63) is 28.8 Å². The number of hydrogen-bond acceptors (Lipinski definition) is 3. The molecule has 0 amide bonds. The zero-order valence-electron chi connectivity index (χ0n) is 7.40. The van der Waals surface area contributed by atoms with E-state index >= 15 is 0 Å². The molecule has 1 aromatic carbocycles. The first-order valence-electron chi connectivity index (χ1n) is 4.03. The number of nitrogen functional groups attached to an aromatic ring is 1. The molecule has 1 atom stereocenters. The number of carboxylic acids is 1. The van der Waals surface area contributed by atoms with Crippen LogP contribution in [-0.2, 0) is 4.79 Å². The number of rotatable bonds is 3. The molecule has 0 radical (unpaired) electrons. The quantitative estimate of drug-likeness (QED) is 0.664. The molecule has 1 unspecified atom stereocenters. The van der Waals surface area contributed by atoms with Crippen LogP contribution in [0.1, 0.15) is 18.0 Å². The Morgan fingerprint density at radius 2 is 2.21 bits per heavy atom. The second-order valence-corrected chi connectivity index (χ2v) is 3.39. The lowest BCUT2D eigenvalue weighted by Crippen LogP contribution is -2.15. The van der Waals surface area contributed by atoms with Gasteiger partial charge in [-0.3, -0.25) is 4.79 Å². The van der Waals surface area contributed by atoms with Crippen LogP contribution in [0.15, 0.2) is 18.2 Å². The molecule has 14 heavy (non-hydrogen) atoms. The van der Waals surface area contributed by atoms with Crippen molar-refractivity contribution in [2.45, 2.75) is 12.5 Å². The van der Waals surface area contributed by atoms with Crippen LogP contribution in [0.5, 0.6) is 0 Å². The largest absolute Gasteiger partial charge is 0.481 e. The van der Waals surface area contributed by atoms with Crippen LogP contribution in [0.25, 0.3) is 0 Å². The predicted octanol–water partition coefficient (Wildman–Crippen LogP) is 1.40. The highest BCUT2D eigenvalue weighted by molar-refractivity contribution is 6.33. The van der Waals surface area contributed by atoms with Gasteiger partial charge in [0.15, 0.2) is 0 Å². The minimum Gasteiger partial charge on any atom is -0.481 e. The maximum atomic E-state index is 10.4. The van der Waals surface area contributed by atoms with E-state index in [0.29, 0.717) is 16.3 Å². The number of halogens is 1. The summed E-state index contributed by atoms with van der Waals surface area (Å²) in [5, 5.41) is 8.97. The molecule has 5 N–H and O–H groups in total. The molecule has 0 saturated carbocycles. The number of benzene rings is 1. The van der Waals surface area contributed by atoms with E-state index in [1.165, 1.54) is 0 Å². The van der Waals surface area contributed by atoms with Crippen molar-refractivity contribution in [1.29, 1.82) is 0 Å². The second kappa shape index (κ2) is 4.30. The zero-order valence-corrected chi connectivity index (χ0v) is 8.16. The maximum absolute atomic E-state index is 10.4. The normalized spacial score (nSPS) is 12.4. The van der Waals surface area contributed by atoms with Gasteiger partial charge in [0.2, 0.25) is 0 Å². The standard InChI is InChI=1S/C9H11ClN2O2/c10-6-2-1-5(3-8(6)12)7(11)4-9(13)14/h1-3,7H,4,11-12H2,(H,13,14).